The smallest absolute Gasteiger partial charge is 0.214 e. The normalized spacial score (nSPS) is 10.7. The third kappa shape index (κ3) is 3.65. The number of aromatic hydroxyl groups is 1. The Morgan fingerprint density at radius 2 is 1.77 bits per heavy atom. The minimum atomic E-state index is 0.230. The Hall–Kier alpha value is -2.34. The highest BCUT2D eigenvalue weighted by Gasteiger charge is 2.08. The fraction of sp³-hybridized carbons (Fsp3) is 0.188. The first-order valence-electron chi connectivity index (χ1n) is 7.07. The Bertz CT molecular complexity index is 713. The molecule has 0 unspecified atom stereocenters. The molecular weight excluding hydrogens is 296 g/mol. The molecule has 3 rings (SSSR count). The first-order valence-corrected chi connectivity index (χ1v) is 8.06. The first-order chi connectivity index (χ1) is 10.8. The van der Waals surface area contributed by atoms with Crippen molar-refractivity contribution >= 4 is 11.8 Å². The minimum Gasteiger partial charge on any atom is -0.508 e. The monoisotopic (exact) mass is 312 g/mol. The van der Waals surface area contributed by atoms with Crippen molar-refractivity contribution in [3.63, 3.8) is 0 Å². The van der Waals surface area contributed by atoms with Gasteiger partial charge in [-0.05, 0) is 53.1 Å². The SMILES string of the molecule is Oc1ccc(-n2nnnc2SCCCc2ccccc2)cc1. The fourth-order valence-corrected chi connectivity index (χ4v) is 2.94. The summed E-state index contributed by atoms with van der Waals surface area (Å²) < 4.78 is 1.69. The van der Waals surface area contributed by atoms with Crippen molar-refractivity contribution in [2.45, 2.75) is 18.0 Å². The van der Waals surface area contributed by atoms with Gasteiger partial charge in [0.05, 0.1) is 5.69 Å². The maximum absolute atomic E-state index is 9.34. The summed E-state index contributed by atoms with van der Waals surface area (Å²) in [7, 11) is 0. The molecule has 5 nitrogen and oxygen atoms in total. The molecule has 1 aromatic heterocycles. The van der Waals surface area contributed by atoms with Crippen molar-refractivity contribution in [1.29, 1.82) is 0 Å². The van der Waals surface area contributed by atoms with Crippen LogP contribution in [0.15, 0.2) is 59.8 Å². The van der Waals surface area contributed by atoms with Gasteiger partial charge in [0.2, 0.25) is 5.16 Å². The third-order valence-corrected chi connectivity index (χ3v) is 4.22. The quantitative estimate of drug-likeness (QED) is 0.560. The van der Waals surface area contributed by atoms with E-state index >= 15 is 0 Å². The molecule has 0 spiro atoms. The summed E-state index contributed by atoms with van der Waals surface area (Å²) in [5.41, 5.74) is 2.19. The number of rotatable bonds is 6. The van der Waals surface area contributed by atoms with Crippen molar-refractivity contribution in [2.24, 2.45) is 0 Å². The Balaban J connectivity index is 1.57. The first kappa shape index (κ1) is 14.6. The Morgan fingerprint density at radius 1 is 1.00 bits per heavy atom. The number of nitrogens with zero attached hydrogens (tertiary/aromatic N) is 4. The number of tetrazole rings is 1. The molecule has 0 amide bonds. The van der Waals surface area contributed by atoms with Gasteiger partial charge in [-0.25, -0.2) is 0 Å². The third-order valence-electron chi connectivity index (χ3n) is 3.22. The fourth-order valence-electron chi connectivity index (χ4n) is 2.11. The van der Waals surface area contributed by atoms with Gasteiger partial charge in [-0.1, -0.05) is 42.1 Å². The van der Waals surface area contributed by atoms with Crippen molar-refractivity contribution in [1.82, 2.24) is 20.2 Å². The van der Waals surface area contributed by atoms with E-state index in [1.54, 1.807) is 40.7 Å². The lowest BCUT2D eigenvalue weighted by molar-refractivity contribution is 0.475. The number of thioether (sulfide) groups is 1. The van der Waals surface area contributed by atoms with Crippen molar-refractivity contribution in [3.05, 3.63) is 60.2 Å². The second kappa shape index (κ2) is 7.09. The maximum atomic E-state index is 9.34. The van der Waals surface area contributed by atoms with Crippen molar-refractivity contribution in [2.75, 3.05) is 5.75 Å². The molecule has 1 heterocycles. The van der Waals surface area contributed by atoms with Gasteiger partial charge < -0.3 is 5.11 Å². The predicted molar refractivity (Wildman–Crippen MR) is 86.3 cm³/mol. The molecule has 0 aliphatic carbocycles. The summed E-state index contributed by atoms with van der Waals surface area (Å²) in [6, 6.07) is 17.3. The molecule has 0 saturated heterocycles. The molecule has 22 heavy (non-hydrogen) atoms. The van der Waals surface area contributed by atoms with Crippen LogP contribution in [0.4, 0.5) is 0 Å². The lowest BCUT2D eigenvalue weighted by Crippen LogP contribution is -1.99. The van der Waals surface area contributed by atoms with E-state index in [9.17, 15) is 5.11 Å². The molecule has 2 aromatic carbocycles. The van der Waals surface area contributed by atoms with E-state index in [4.69, 9.17) is 0 Å². The Morgan fingerprint density at radius 3 is 2.55 bits per heavy atom. The summed E-state index contributed by atoms with van der Waals surface area (Å²) in [5.74, 6) is 1.18. The largest absolute Gasteiger partial charge is 0.508 e. The molecule has 1 N–H and O–H groups in total. The number of phenols is 1. The van der Waals surface area contributed by atoms with Crippen molar-refractivity contribution < 1.29 is 5.11 Å². The van der Waals surface area contributed by atoms with Crippen LogP contribution in [-0.2, 0) is 6.42 Å². The van der Waals surface area contributed by atoms with E-state index in [0.717, 1.165) is 29.4 Å². The average molecular weight is 312 g/mol. The van der Waals surface area contributed by atoms with Crippen LogP contribution in [0.2, 0.25) is 0 Å². The molecule has 0 aliphatic heterocycles. The summed E-state index contributed by atoms with van der Waals surface area (Å²) >= 11 is 1.64. The van der Waals surface area contributed by atoms with Crippen LogP contribution in [0.3, 0.4) is 0 Å². The van der Waals surface area contributed by atoms with Gasteiger partial charge in [0, 0.05) is 5.75 Å². The Kier molecular flexibility index (Phi) is 4.70. The van der Waals surface area contributed by atoms with Gasteiger partial charge in [-0.3, -0.25) is 0 Å². The maximum Gasteiger partial charge on any atom is 0.214 e. The zero-order chi connectivity index (χ0) is 15.2. The van der Waals surface area contributed by atoms with Gasteiger partial charge >= 0.3 is 0 Å². The summed E-state index contributed by atoms with van der Waals surface area (Å²) in [4.78, 5) is 0. The number of hydrogen-bond acceptors (Lipinski definition) is 5. The predicted octanol–water partition coefficient (Wildman–Crippen LogP) is 3.09. The molecule has 3 aromatic rings. The van der Waals surface area contributed by atoms with Crippen LogP contribution in [0.25, 0.3) is 5.69 Å². The topological polar surface area (TPSA) is 63.8 Å². The van der Waals surface area contributed by atoms with Crippen LogP contribution >= 0.6 is 11.8 Å². The second-order valence-corrected chi connectivity index (χ2v) is 5.89. The van der Waals surface area contributed by atoms with Crippen LogP contribution < -0.4 is 0 Å². The highest BCUT2D eigenvalue weighted by Crippen LogP contribution is 2.21. The van der Waals surface area contributed by atoms with Crippen LogP contribution in [0.1, 0.15) is 12.0 Å². The molecule has 0 atom stereocenters. The molecule has 6 heteroatoms. The number of hydrogen-bond donors (Lipinski definition) is 1. The van der Waals surface area contributed by atoms with Crippen LogP contribution in [0.5, 0.6) is 5.75 Å². The van der Waals surface area contributed by atoms with Gasteiger partial charge in [0.15, 0.2) is 0 Å². The highest BCUT2D eigenvalue weighted by molar-refractivity contribution is 7.99. The molecule has 0 bridgehead atoms. The number of aromatic nitrogens is 4. The van der Waals surface area contributed by atoms with Crippen LogP contribution in [0, 0.1) is 0 Å². The zero-order valence-electron chi connectivity index (χ0n) is 12.0. The number of aryl methyl sites for hydroxylation is 1. The van der Waals surface area contributed by atoms with Gasteiger partial charge in [0.25, 0.3) is 0 Å². The average Bonchev–Trinajstić information content (AvgIpc) is 3.02. The van der Waals surface area contributed by atoms with Crippen LogP contribution in [-0.4, -0.2) is 31.1 Å². The summed E-state index contributed by atoms with van der Waals surface area (Å²) in [6.07, 6.45) is 2.12. The minimum absolute atomic E-state index is 0.230. The Labute approximate surface area is 133 Å². The van der Waals surface area contributed by atoms with E-state index in [2.05, 4.69) is 39.8 Å². The standard InChI is InChI=1S/C16H16N4OS/c21-15-10-8-14(9-11-15)20-16(17-18-19-20)22-12-4-7-13-5-2-1-3-6-13/h1-3,5-6,8-11,21H,4,7,12H2. The number of phenolic OH excluding ortho intramolecular Hbond substituents is 1. The van der Waals surface area contributed by atoms with E-state index in [0.29, 0.717) is 0 Å². The summed E-state index contributed by atoms with van der Waals surface area (Å²) in [6.45, 7) is 0. The highest BCUT2D eigenvalue weighted by atomic mass is 32.2. The lowest BCUT2D eigenvalue weighted by Gasteiger charge is -2.04. The van der Waals surface area contributed by atoms with E-state index in [1.165, 1.54) is 5.56 Å². The molecular formula is C16H16N4OS. The molecule has 0 aliphatic rings. The molecule has 0 radical (unpaired) electrons. The second-order valence-electron chi connectivity index (χ2n) is 4.83. The summed E-state index contributed by atoms with van der Waals surface area (Å²) in [5, 5.41) is 21.9. The molecule has 0 fully saturated rings. The van der Waals surface area contributed by atoms with Gasteiger partial charge in [-0.2, -0.15) is 4.68 Å². The van der Waals surface area contributed by atoms with E-state index < -0.39 is 0 Å². The van der Waals surface area contributed by atoms with Crippen molar-refractivity contribution in [3.8, 4) is 11.4 Å². The van der Waals surface area contributed by atoms with Gasteiger partial charge in [-0.15, -0.1) is 5.10 Å². The van der Waals surface area contributed by atoms with E-state index in [1.807, 2.05) is 6.07 Å². The van der Waals surface area contributed by atoms with Gasteiger partial charge in [0.1, 0.15) is 5.75 Å². The zero-order valence-corrected chi connectivity index (χ0v) is 12.8. The van der Waals surface area contributed by atoms with E-state index in [-0.39, 0.29) is 5.75 Å². The molecule has 112 valence electrons. The number of benzene rings is 2. The lowest BCUT2D eigenvalue weighted by atomic mass is 10.1. The molecule has 0 saturated carbocycles.